The van der Waals surface area contributed by atoms with E-state index in [1.54, 1.807) is 24.3 Å². The number of rotatable bonds is 4. The van der Waals surface area contributed by atoms with Gasteiger partial charge in [0.25, 0.3) is 20.8 Å². The second-order valence-electron chi connectivity index (χ2n) is 9.84. The van der Waals surface area contributed by atoms with Crippen LogP contribution in [0.4, 0.5) is 0 Å². The predicted molar refractivity (Wildman–Crippen MR) is 125 cm³/mol. The molecule has 4 rings (SSSR count). The summed E-state index contributed by atoms with van der Waals surface area (Å²) in [6.45, 7) is 8.23. The molecule has 2 aromatic carbocycles. The molecule has 8 nitrogen and oxygen atoms in total. The Kier molecular flexibility index (Phi) is 10.3. The Bertz CT molecular complexity index is 1300. The van der Waals surface area contributed by atoms with Crippen LogP contribution in [-0.2, 0) is 37.0 Å². The van der Waals surface area contributed by atoms with E-state index in [1.807, 2.05) is 0 Å². The van der Waals surface area contributed by atoms with Crippen molar-refractivity contribution >= 4 is 52.7 Å². The molecule has 1 spiro atoms. The van der Waals surface area contributed by atoms with Gasteiger partial charge in [-0.05, 0) is 102 Å². The van der Waals surface area contributed by atoms with Gasteiger partial charge in [-0.2, -0.15) is 0 Å². The fourth-order valence-electron chi connectivity index (χ4n) is 5.65. The number of halogens is 2. The molecular formula is C21H20Br2K2O8S2. The van der Waals surface area contributed by atoms with Gasteiger partial charge in [0.15, 0.2) is 11.5 Å². The van der Waals surface area contributed by atoms with Gasteiger partial charge >= 0.3 is 103 Å². The van der Waals surface area contributed by atoms with Crippen molar-refractivity contribution < 1.29 is 137 Å². The van der Waals surface area contributed by atoms with Crippen LogP contribution in [0.25, 0.3) is 0 Å². The summed E-state index contributed by atoms with van der Waals surface area (Å²) in [5.41, 5.74) is 2.09. The fourth-order valence-corrected chi connectivity index (χ4v) is 7.43. The predicted octanol–water partition coefficient (Wildman–Crippen LogP) is -1.45. The third-order valence-corrected chi connectivity index (χ3v) is 8.51. The van der Waals surface area contributed by atoms with Crippen LogP contribution in [0.15, 0.2) is 33.2 Å². The maximum atomic E-state index is 11.3. The Balaban J connectivity index is 0.00000216. The minimum Gasteiger partial charge on any atom is -0.716 e. The van der Waals surface area contributed by atoms with E-state index in [4.69, 9.17) is 8.37 Å². The number of hydrogen-bond acceptors (Lipinski definition) is 8. The average molecular weight is 703 g/mol. The van der Waals surface area contributed by atoms with Crippen LogP contribution in [0, 0.1) is 0 Å². The molecule has 2 aliphatic rings. The standard InChI is InChI=1S/C21H22Br2O8S2.2K/c1-19(2)9-21(13-7-17(30-32(24,25)26)15(22)5-11(13)19)10-20(3,4)12-6-16(23)18(8-14(12)21)31-33(27,28)29;;/h5-8H,9-10H2,1-4H3,(H,24,25,26)(H,27,28,29);;/q;2*+1/p-2. The van der Waals surface area contributed by atoms with Crippen LogP contribution in [-0.4, -0.2) is 25.9 Å². The van der Waals surface area contributed by atoms with Crippen LogP contribution < -0.4 is 111 Å². The first-order valence-electron chi connectivity index (χ1n) is 9.84. The molecule has 0 amide bonds. The third kappa shape index (κ3) is 6.54. The normalized spacial score (nSPS) is 18.7. The largest absolute Gasteiger partial charge is 1.00 e. The first kappa shape index (κ1) is 33.3. The molecule has 0 fully saturated rings. The topological polar surface area (TPSA) is 133 Å². The third-order valence-electron chi connectivity index (χ3n) is 6.50. The number of fused-ring (bicyclic) bond motifs is 4. The molecule has 14 heteroatoms. The SMILES string of the molecule is CC1(C)CC2(CC(C)(C)c3cc(Br)c(OS(=O)(=O)[O-])cc32)c2cc(OS(=O)(=O)[O-])c(Br)cc21.[K+].[K+]. The van der Waals surface area contributed by atoms with Crippen molar-refractivity contribution in [1.82, 2.24) is 0 Å². The van der Waals surface area contributed by atoms with E-state index in [1.165, 1.54) is 0 Å². The maximum absolute atomic E-state index is 11.3. The van der Waals surface area contributed by atoms with E-state index < -0.39 is 26.2 Å². The Labute approximate surface area is 307 Å². The van der Waals surface area contributed by atoms with E-state index in [-0.39, 0.29) is 125 Å². The van der Waals surface area contributed by atoms with Crippen LogP contribution in [0.3, 0.4) is 0 Å². The van der Waals surface area contributed by atoms with Gasteiger partial charge in [0, 0.05) is 5.41 Å². The zero-order valence-electron chi connectivity index (χ0n) is 20.1. The summed E-state index contributed by atoms with van der Waals surface area (Å²) in [6.07, 6.45) is 1.24. The smallest absolute Gasteiger partial charge is 0.716 e. The van der Waals surface area contributed by atoms with E-state index in [0.717, 1.165) is 22.3 Å². The Morgan fingerprint density at radius 3 is 1.29 bits per heavy atom. The first-order chi connectivity index (χ1) is 14.8. The molecule has 0 aromatic heterocycles. The molecule has 180 valence electrons. The van der Waals surface area contributed by atoms with Gasteiger partial charge in [0.2, 0.25) is 0 Å². The van der Waals surface area contributed by atoms with Crippen LogP contribution in [0.2, 0.25) is 0 Å². The van der Waals surface area contributed by atoms with E-state index >= 15 is 0 Å². The summed E-state index contributed by atoms with van der Waals surface area (Å²) in [7, 11) is -10.0. The van der Waals surface area contributed by atoms with Crippen molar-refractivity contribution in [1.29, 1.82) is 0 Å². The van der Waals surface area contributed by atoms with Crippen molar-refractivity contribution in [2.45, 2.75) is 56.8 Å². The summed E-state index contributed by atoms with van der Waals surface area (Å²) < 4.78 is 77.9. The summed E-state index contributed by atoms with van der Waals surface area (Å²) in [5.74, 6) is -0.245. The van der Waals surface area contributed by atoms with Crippen LogP contribution in [0.5, 0.6) is 11.5 Å². The molecule has 0 radical (unpaired) electrons. The Hall–Kier alpha value is 2.09. The summed E-state index contributed by atoms with van der Waals surface area (Å²) in [6, 6.07) is 6.63. The molecular weight excluding hydrogens is 682 g/mol. The maximum Gasteiger partial charge on any atom is 1.00 e. The molecule has 0 N–H and O–H groups in total. The van der Waals surface area contributed by atoms with Gasteiger partial charge in [0.05, 0.1) is 8.95 Å². The second-order valence-corrected chi connectivity index (χ2v) is 13.5. The quantitative estimate of drug-likeness (QED) is 0.215. The van der Waals surface area contributed by atoms with Crippen LogP contribution >= 0.6 is 31.9 Å². The molecule has 0 saturated heterocycles. The number of hydrogen-bond donors (Lipinski definition) is 0. The van der Waals surface area contributed by atoms with Gasteiger partial charge < -0.3 is 17.5 Å². The molecule has 35 heavy (non-hydrogen) atoms. The summed E-state index contributed by atoms with van der Waals surface area (Å²) in [5, 5.41) is 0. The van der Waals surface area contributed by atoms with Gasteiger partial charge in [-0.25, -0.2) is 16.8 Å². The van der Waals surface area contributed by atoms with Gasteiger partial charge in [-0.3, -0.25) is 0 Å². The van der Waals surface area contributed by atoms with E-state index in [9.17, 15) is 25.9 Å². The van der Waals surface area contributed by atoms with E-state index in [0.29, 0.717) is 21.8 Å². The minimum atomic E-state index is -5.00. The van der Waals surface area contributed by atoms with Crippen LogP contribution in [0.1, 0.15) is 62.8 Å². The molecule has 0 bridgehead atoms. The monoisotopic (exact) mass is 700 g/mol. The zero-order valence-corrected chi connectivity index (χ0v) is 31.1. The van der Waals surface area contributed by atoms with Crippen molar-refractivity contribution in [3.05, 3.63) is 55.5 Å². The zero-order chi connectivity index (χ0) is 24.8. The molecule has 0 atom stereocenters. The first-order valence-corrected chi connectivity index (χ1v) is 14.1. The minimum absolute atomic E-state index is 0. The van der Waals surface area contributed by atoms with E-state index in [2.05, 4.69) is 59.6 Å². The molecule has 2 aromatic rings. The van der Waals surface area contributed by atoms with Crippen molar-refractivity contribution in [3.8, 4) is 11.5 Å². The van der Waals surface area contributed by atoms with Crippen molar-refractivity contribution in [2.24, 2.45) is 0 Å². The van der Waals surface area contributed by atoms with Crippen molar-refractivity contribution in [2.75, 3.05) is 0 Å². The van der Waals surface area contributed by atoms with Gasteiger partial charge in [-0.1, -0.05) is 27.7 Å². The molecule has 0 saturated carbocycles. The van der Waals surface area contributed by atoms with Gasteiger partial charge in [-0.15, -0.1) is 0 Å². The summed E-state index contributed by atoms with van der Waals surface area (Å²) >= 11 is 6.61. The summed E-state index contributed by atoms with van der Waals surface area (Å²) in [4.78, 5) is 0. The Morgan fingerprint density at radius 1 is 0.686 bits per heavy atom. The molecule has 0 heterocycles. The molecule has 2 aliphatic carbocycles. The van der Waals surface area contributed by atoms with Crippen molar-refractivity contribution in [3.63, 3.8) is 0 Å². The number of benzene rings is 2. The van der Waals surface area contributed by atoms with Gasteiger partial charge in [0.1, 0.15) is 0 Å². The molecule has 0 unspecified atom stereocenters. The molecule has 0 aliphatic heterocycles. The Morgan fingerprint density at radius 2 is 1.00 bits per heavy atom. The average Bonchev–Trinajstić information content (AvgIpc) is 2.93. The second kappa shape index (κ2) is 10.8. The fraction of sp³-hybridized carbons (Fsp3) is 0.429.